The molecule has 0 aromatic rings. The van der Waals surface area contributed by atoms with Crippen molar-refractivity contribution in [2.75, 3.05) is 0 Å². The van der Waals surface area contributed by atoms with Gasteiger partial charge in [-0.1, -0.05) is 13.8 Å². The van der Waals surface area contributed by atoms with E-state index in [9.17, 15) is 14.4 Å². The molecule has 4 unspecified atom stereocenters. The lowest BCUT2D eigenvalue weighted by Gasteiger charge is -2.36. The molecule has 5 heteroatoms. The highest BCUT2D eigenvalue weighted by Crippen LogP contribution is 2.42. The molecule has 112 valence electrons. The van der Waals surface area contributed by atoms with Gasteiger partial charge in [0, 0.05) is 12.3 Å². The monoisotopic (exact) mass is 282 g/mol. The smallest absolute Gasteiger partial charge is 0.316 e. The van der Waals surface area contributed by atoms with Crippen LogP contribution in [-0.4, -0.2) is 29.4 Å². The zero-order valence-corrected chi connectivity index (χ0v) is 12.5. The number of Topliss-reactive ketones (excluding diaryl/α,β-unsaturated/α-hetero) is 1. The van der Waals surface area contributed by atoms with Gasteiger partial charge in [0.2, 0.25) is 0 Å². The van der Waals surface area contributed by atoms with E-state index in [4.69, 9.17) is 9.47 Å². The first-order valence-corrected chi connectivity index (χ1v) is 7.21. The Labute approximate surface area is 119 Å². The molecule has 2 bridgehead atoms. The Hall–Kier alpha value is -1.39. The lowest BCUT2D eigenvalue weighted by atomic mass is 9.79. The first kappa shape index (κ1) is 15.0. The molecule has 2 rings (SSSR count). The largest absolute Gasteiger partial charge is 0.458 e. The van der Waals surface area contributed by atoms with Crippen LogP contribution in [0, 0.1) is 17.8 Å². The van der Waals surface area contributed by atoms with Crippen LogP contribution in [0.5, 0.6) is 0 Å². The lowest BCUT2D eigenvalue weighted by Crippen LogP contribution is -2.47. The fraction of sp³-hybridized carbons (Fsp3) is 0.800. The van der Waals surface area contributed by atoms with Gasteiger partial charge in [0.15, 0.2) is 0 Å². The number of fused-ring (bicyclic) bond motifs is 2. The van der Waals surface area contributed by atoms with Gasteiger partial charge >= 0.3 is 11.9 Å². The van der Waals surface area contributed by atoms with Crippen LogP contribution in [0.25, 0.3) is 0 Å². The Morgan fingerprint density at radius 2 is 2.00 bits per heavy atom. The highest BCUT2D eigenvalue weighted by atomic mass is 16.6. The highest BCUT2D eigenvalue weighted by molar-refractivity contribution is 5.99. The van der Waals surface area contributed by atoms with E-state index in [0.717, 1.165) is 0 Å². The molecule has 1 heterocycles. The highest BCUT2D eigenvalue weighted by Gasteiger charge is 2.52. The molecular weight excluding hydrogens is 260 g/mol. The second kappa shape index (κ2) is 5.19. The van der Waals surface area contributed by atoms with Gasteiger partial charge in [-0.3, -0.25) is 14.4 Å². The van der Waals surface area contributed by atoms with Crippen LogP contribution < -0.4 is 0 Å². The minimum absolute atomic E-state index is 0.0542. The van der Waals surface area contributed by atoms with Crippen molar-refractivity contribution in [1.82, 2.24) is 0 Å². The molecule has 2 fully saturated rings. The molecule has 4 atom stereocenters. The minimum atomic E-state index is -0.800. The Morgan fingerprint density at radius 3 is 2.60 bits per heavy atom. The molecule has 20 heavy (non-hydrogen) atoms. The second-order valence-corrected chi connectivity index (χ2v) is 6.41. The molecule has 0 aromatic heterocycles. The van der Waals surface area contributed by atoms with Crippen LogP contribution in [0.2, 0.25) is 0 Å². The van der Waals surface area contributed by atoms with Crippen molar-refractivity contribution < 1.29 is 23.9 Å². The molecule has 0 radical (unpaired) electrons. The topological polar surface area (TPSA) is 69.7 Å². The summed E-state index contributed by atoms with van der Waals surface area (Å²) in [7, 11) is 0. The van der Waals surface area contributed by atoms with Crippen LogP contribution in [0.1, 0.15) is 47.0 Å². The standard InChI is InChI=1S/C15H22O5/c1-8(2)12(16)9(3)13(17)20-15(4)6-5-10-7-11(15)19-14(10)18/h8-11H,5-7H2,1-4H3. The quantitative estimate of drug-likeness (QED) is 0.581. The first-order valence-electron chi connectivity index (χ1n) is 7.21. The summed E-state index contributed by atoms with van der Waals surface area (Å²) in [6, 6.07) is 0. The van der Waals surface area contributed by atoms with Crippen LogP contribution in [0.15, 0.2) is 0 Å². The maximum Gasteiger partial charge on any atom is 0.316 e. The summed E-state index contributed by atoms with van der Waals surface area (Å²) >= 11 is 0. The van der Waals surface area contributed by atoms with Crippen LogP contribution in [0.4, 0.5) is 0 Å². The van der Waals surface area contributed by atoms with Crippen molar-refractivity contribution in [3.8, 4) is 0 Å². The summed E-state index contributed by atoms with van der Waals surface area (Å²) in [6.07, 6.45) is 1.50. The number of ketones is 1. The van der Waals surface area contributed by atoms with Crippen LogP contribution in [-0.2, 0) is 23.9 Å². The minimum Gasteiger partial charge on any atom is -0.458 e. The van der Waals surface area contributed by atoms with Gasteiger partial charge in [-0.2, -0.15) is 0 Å². The summed E-state index contributed by atoms with van der Waals surface area (Å²) in [4.78, 5) is 35.5. The summed E-state index contributed by atoms with van der Waals surface area (Å²) in [5, 5.41) is 0. The summed E-state index contributed by atoms with van der Waals surface area (Å²) in [5.74, 6) is -1.88. The van der Waals surface area contributed by atoms with Gasteiger partial charge in [0.1, 0.15) is 23.4 Å². The van der Waals surface area contributed by atoms with Crippen LogP contribution >= 0.6 is 0 Å². The van der Waals surface area contributed by atoms with E-state index >= 15 is 0 Å². The van der Waals surface area contributed by atoms with E-state index in [2.05, 4.69) is 0 Å². The van der Waals surface area contributed by atoms with Crippen molar-refractivity contribution in [2.45, 2.75) is 58.7 Å². The van der Waals surface area contributed by atoms with Gasteiger partial charge in [0.05, 0.1) is 5.92 Å². The van der Waals surface area contributed by atoms with Gasteiger partial charge in [0.25, 0.3) is 0 Å². The SMILES string of the molecule is CC(C)C(=O)C(C)C(=O)OC1(C)CCC2CC1OC2=O. The van der Waals surface area contributed by atoms with E-state index in [1.807, 2.05) is 0 Å². The summed E-state index contributed by atoms with van der Waals surface area (Å²) in [6.45, 7) is 6.88. The van der Waals surface area contributed by atoms with E-state index in [1.165, 1.54) is 0 Å². The number of carbonyl (C=O) groups is 3. The third kappa shape index (κ3) is 2.58. The van der Waals surface area contributed by atoms with E-state index in [1.54, 1.807) is 27.7 Å². The molecule has 1 aliphatic heterocycles. The average Bonchev–Trinajstić information content (AvgIpc) is 2.71. The third-order valence-corrected chi connectivity index (χ3v) is 4.44. The summed E-state index contributed by atoms with van der Waals surface area (Å²) in [5.41, 5.74) is -0.800. The Bertz CT molecular complexity index is 442. The number of ether oxygens (including phenoxy) is 2. The van der Waals surface area contributed by atoms with Crippen molar-refractivity contribution >= 4 is 17.7 Å². The summed E-state index contributed by atoms with van der Waals surface area (Å²) < 4.78 is 10.8. The Balaban J connectivity index is 2.04. The number of esters is 2. The van der Waals surface area contributed by atoms with Crippen molar-refractivity contribution in [2.24, 2.45) is 17.8 Å². The van der Waals surface area contributed by atoms with E-state index < -0.39 is 17.5 Å². The zero-order valence-electron chi connectivity index (χ0n) is 12.5. The maximum atomic E-state index is 12.1. The second-order valence-electron chi connectivity index (χ2n) is 6.41. The zero-order chi connectivity index (χ0) is 15.1. The predicted octanol–water partition coefficient (Wildman–Crippen LogP) is 1.87. The predicted molar refractivity (Wildman–Crippen MR) is 70.7 cm³/mol. The van der Waals surface area contributed by atoms with Gasteiger partial charge in [-0.05, 0) is 26.7 Å². The number of hydrogen-bond donors (Lipinski definition) is 0. The number of carbonyl (C=O) groups excluding carboxylic acids is 3. The first-order chi connectivity index (χ1) is 9.24. The Kier molecular flexibility index (Phi) is 3.89. The van der Waals surface area contributed by atoms with E-state index in [0.29, 0.717) is 19.3 Å². The molecule has 0 spiro atoms. The molecule has 1 aliphatic carbocycles. The molecular formula is C15H22O5. The number of hydrogen-bond acceptors (Lipinski definition) is 5. The fourth-order valence-electron chi connectivity index (χ4n) is 2.92. The third-order valence-electron chi connectivity index (χ3n) is 4.44. The van der Waals surface area contributed by atoms with Gasteiger partial charge in [-0.15, -0.1) is 0 Å². The molecule has 0 N–H and O–H groups in total. The van der Waals surface area contributed by atoms with E-state index in [-0.39, 0.29) is 29.7 Å². The average molecular weight is 282 g/mol. The normalized spacial score (nSPS) is 33.8. The molecule has 5 nitrogen and oxygen atoms in total. The molecule has 0 aromatic carbocycles. The number of rotatable bonds is 4. The van der Waals surface area contributed by atoms with Crippen molar-refractivity contribution in [3.05, 3.63) is 0 Å². The Morgan fingerprint density at radius 1 is 1.35 bits per heavy atom. The van der Waals surface area contributed by atoms with Crippen LogP contribution in [0.3, 0.4) is 0 Å². The fourth-order valence-corrected chi connectivity index (χ4v) is 2.92. The van der Waals surface area contributed by atoms with Crippen molar-refractivity contribution in [3.63, 3.8) is 0 Å². The van der Waals surface area contributed by atoms with Crippen molar-refractivity contribution in [1.29, 1.82) is 0 Å². The van der Waals surface area contributed by atoms with Gasteiger partial charge in [-0.25, -0.2) is 0 Å². The molecule has 1 saturated carbocycles. The molecule has 0 amide bonds. The van der Waals surface area contributed by atoms with Gasteiger partial charge < -0.3 is 9.47 Å². The molecule has 1 saturated heterocycles. The molecule has 2 aliphatic rings. The maximum absolute atomic E-state index is 12.1. The lowest BCUT2D eigenvalue weighted by molar-refractivity contribution is -0.181.